The van der Waals surface area contributed by atoms with Gasteiger partial charge >= 0.3 is 0 Å². The molecule has 1 fully saturated rings. The third-order valence-corrected chi connectivity index (χ3v) is 5.84. The number of aromatic nitrogens is 3. The van der Waals surface area contributed by atoms with E-state index in [1.807, 2.05) is 0 Å². The Morgan fingerprint density at radius 2 is 1.83 bits per heavy atom. The third kappa shape index (κ3) is 3.08. The molecule has 3 rings (SSSR count). The number of hydrogen-bond acceptors (Lipinski definition) is 6. The van der Waals surface area contributed by atoms with Crippen LogP contribution in [0.25, 0.3) is 0 Å². The highest BCUT2D eigenvalue weighted by Crippen LogP contribution is 2.26. The summed E-state index contributed by atoms with van der Waals surface area (Å²) < 4.78 is 28.3. The maximum Gasteiger partial charge on any atom is 0.269 e. The van der Waals surface area contributed by atoms with Crippen molar-refractivity contribution in [3.8, 4) is 0 Å². The number of nitro groups is 1. The lowest BCUT2D eigenvalue weighted by molar-refractivity contribution is -0.384. The largest absolute Gasteiger partial charge is 0.269 e. The standard InChI is InChI=1S/C13H15N5O4S/c19-18(20)12-1-3-13(4-2-12)23(21,22)16-8-5-11(6-9-16)17-10-7-14-15-17/h1-4,7,10-11H,5-6,8-9H2. The molecule has 1 saturated heterocycles. The van der Waals surface area contributed by atoms with Gasteiger partial charge < -0.3 is 0 Å². The average molecular weight is 337 g/mol. The lowest BCUT2D eigenvalue weighted by atomic mass is 10.1. The van der Waals surface area contributed by atoms with Gasteiger partial charge in [0.2, 0.25) is 10.0 Å². The Morgan fingerprint density at radius 1 is 1.17 bits per heavy atom. The Labute approximate surface area is 132 Å². The number of sulfonamides is 1. The lowest BCUT2D eigenvalue weighted by Gasteiger charge is -2.30. The molecular weight excluding hydrogens is 322 g/mol. The molecule has 0 unspecified atom stereocenters. The normalized spacial score (nSPS) is 17.2. The first kappa shape index (κ1) is 15.6. The van der Waals surface area contributed by atoms with Crippen molar-refractivity contribution in [2.75, 3.05) is 13.1 Å². The summed E-state index contributed by atoms with van der Waals surface area (Å²) in [5.41, 5.74) is -0.131. The van der Waals surface area contributed by atoms with Crippen molar-refractivity contribution in [1.29, 1.82) is 0 Å². The summed E-state index contributed by atoms with van der Waals surface area (Å²) in [7, 11) is -3.63. The zero-order chi connectivity index (χ0) is 16.4. The van der Waals surface area contributed by atoms with E-state index in [9.17, 15) is 18.5 Å². The average Bonchev–Trinajstić information content (AvgIpc) is 3.09. The van der Waals surface area contributed by atoms with Crippen molar-refractivity contribution in [3.05, 3.63) is 46.8 Å². The Balaban J connectivity index is 1.72. The molecule has 122 valence electrons. The SMILES string of the molecule is O=[N+]([O-])c1ccc(S(=O)(=O)N2CCC(n3ccnn3)CC2)cc1. The quantitative estimate of drug-likeness (QED) is 0.612. The molecule has 0 amide bonds. The summed E-state index contributed by atoms with van der Waals surface area (Å²) in [5, 5.41) is 18.4. The molecule has 0 bridgehead atoms. The molecule has 1 aromatic carbocycles. The molecule has 0 atom stereocenters. The van der Waals surface area contributed by atoms with Crippen molar-refractivity contribution < 1.29 is 13.3 Å². The van der Waals surface area contributed by atoms with Crippen LogP contribution < -0.4 is 0 Å². The fraction of sp³-hybridized carbons (Fsp3) is 0.385. The van der Waals surface area contributed by atoms with Gasteiger partial charge in [-0.1, -0.05) is 5.21 Å². The van der Waals surface area contributed by atoms with Crippen LogP contribution in [-0.2, 0) is 10.0 Å². The van der Waals surface area contributed by atoms with Crippen molar-refractivity contribution in [3.63, 3.8) is 0 Å². The fourth-order valence-electron chi connectivity index (χ4n) is 2.65. The molecule has 2 heterocycles. The van der Waals surface area contributed by atoms with Gasteiger partial charge in [-0.3, -0.25) is 10.1 Å². The Bertz CT molecular complexity index is 780. The second kappa shape index (κ2) is 6.05. The second-order valence-electron chi connectivity index (χ2n) is 5.27. The van der Waals surface area contributed by atoms with Crippen LogP contribution >= 0.6 is 0 Å². The second-order valence-corrected chi connectivity index (χ2v) is 7.21. The summed E-state index contributed by atoms with van der Waals surface area (Å²) in [6.07, 6.45) is 4.66. The molecule has 1 aliphatic heterocycles. The molecule has 2 aromatic rings. The number of hydrogen-bond donors (Lipinski definition) is 0. The third-order valence-electron chi connectivity index (χ3n) is 3.92. The smallest absolute Gasteiger partial charge is 0.258 e. The van der Waals surface area contributed by atoms with Gasteiger partial charge in [-0.25, -0.2) is 13.1 Å². The van der Waals surface area contributed by atoms with E-state index in [0.717, 1.165) is 0 Å². The van der Waals surface area contributed by atoms with Crippen LogP contribution in [0.1, 0.15) is 18.9 Å². The lowest BCUT2D eigenvalue weighted by Crippen LogP contribution is -2.39. The van der Waals surface area contributed by atoms with Gasteiger partial charge in [0.1, 0.15) is 0 Å². The summed E-state index contributed by atoms with van der Waals surface area (Å²) in [5.74, 6) is 0. The van der Waals surface area contributed by atoms with Gasteiger partial charge in [-0.15, -0.1) is 5.10 Å². The summed E-state index contributed by atoms with van der Waals surface area (Å²) >= 11 is 0. The predicted octanol–water partition coefficient (Wildman–Crippen LogP) is 1.21. The molecule has 23 heavy (non-hydrogen) atoms. The van der Waals surface area contributed by atoms with Crippen LogP contribution in [0.2, 0.25) is 0 Å². The van der Waals surface area contributed by atoms with Gasteiger partial charge in [0, 0.05) is 31.4 Å². The zero-order valence-corrected chi connectivity index (χ0v) is 13.0. The minimum absolute atomic E-state index is 0.0716. The first-order valence-corrected chi connectivity index (χ1v) is 8.53. The van der Waals surface area contributed by atoms with Crippen LogP contribution in [0.15, 0.2) is 41.6 Å². The van der Waals surface area contributed by atoms with Gasteiger partial charge in [0.15, 0.2) is 0 Å². The number of rotatable bonds is 4. The van der Waals surface area contributed by atoms with Crippen LogP contribution in [0.4, 0.5) is 5.69 Å². The highest BCUT2D eigenvalue weighted by atomic mass is 32.2. The van der Waals surface area contributed by atoms with E-state index in [4.69, 9.17) is 0 Å². The van der Waals surface area contributed by atoms with E-state index in [1.165, 1.54) is 28.6 Å². The fourth-order valence-corrected chi connectivity index (χ4v) is 4.12. The first-order chi connectivity index (χ1) is 11.0. The maximum absolute atomic E-state index is 12.6. The van der Waals surface area contributed by atoms with E-state index in [0.29, 0.717) is 25.9 Å². The maximum atomic E-state index is 12.6. The highest BCUT2D eigenvalue weighted by molar-refractivity contribution is 7.89. The molecule has 0 radical (unpaired) electrons. The molecule has 0 aliphatic carbocycles. The minimum Gasteiger partial charge on any atom is -0.258 e. The predicted molar refractivity (Wildman–Crippen MR) is 80.1 cm³/mol. The van der Waals surface area contributed by atoms with Gasteiger partial charge in [-0.2, -0.15) is 4.31 Å². The highest BCUT2D eigenvalue weighted by Gasteiger charge is 2.30. The monoisotopic (exact) mass is 337 g/mol. The zero-order valence-electron chi connectivity index (χ0n) is 12.1. The Kier molecular flexibility index (Phi) is 4.09. The number of nitrogens with zero attached hydrogens (tertiary/aromatic N) is 5. The van der Waals surface area contributed by atoms with Crippen molar-refractivity contribution in [2.24, 2.45) is 0 Å². The topological polar surface area (TPSA) is 111 Å². The molecule has 0 saturated carbocycles. The molecular formula is C13H15N5O4S. The van der Waals surface area contributed by atoms with Gasteiger partial charge in [-0.05, 0) is 25.0 Å². The van der Waals surface area contributed by atoms with Crippen molar-refractivity contribution in [1.82, 2.24) is 19.3 Å². The first-order valence-electron chi connectivity index (χ1n) is 7.09. The Morgan fingerprint density at radius 3 is 2.35 bits per heavy atom. The summed E-state index contributed by atoms with van der Waals surface area (Å²) in [4.78, 5) is 10.2. The summed E-state index contributed by atoms with van der Waals surface area (Å²) in [6.45, 7) is 0.758. The molecule has 0 spiro atoms. The van der Waals surface area contributed by atoms with E-state index < -0.39 is 14.9 Å². The van der Waals surface area contributed by atoms with E-state index in [2.05, 4.69) is 10.3 Å². The van der Waals surface area contributed by atoms with Crippen LogP contribution in [0.3, 0.4) is 0 Å². The number of nitro benzene ring substituents is 1. The molecule has 10 heteroatoms. The van der Waals surface area contributed by atoms with E-state index in [1.54, 1.807) is 17.1 Å². The number of piperidine rings is 1. The van der Waals surface area contributed by atoms with Crippen molar-refractivity contribution in [2.45, 2.75) is 23.8 Å². The van der Waals surface area contributed by atoms with Gasteiger partial charge in [0.05, 0.1) is 22.1 Å². The minimum atomic E-state index is -3.63. The molecule has 0 N–H and O–H groups in total. The molecule has 1 aliphatic rings. The molecule has 1 aromatic heterocycles. The van der Waals surface area contributed by atoms with E-state index >= 15 is 0 Å². The number of benzene rings is 1. The van der Waals surface area contributed by atoms with Crippen LogP contribution in [-0.4, -0.2) is 45.7 Å². The van der Waals surface area contributed by atoms with E-state index in [-0.39, 0.29) is 16.6 Å². The molecule has 9 nitrogen and oxygen atoms in total. The van der Waals surface area contributed by atoms with Gasteiger partial charge in [0.25, 0.3) is 5.69 Å². The Hall–Kier alpha value is -2.33. The van der Waals surface area contributed by atoms with Crippen molar-refractivity contribution >= 4 is 15.7 Å². The number of non-ortho nitro benzene ring substituents is 1. The van der Waals surface area contributed by atoms with Crippen LogP contribution in [0.5, 0.6) is 0 Å². The summed E-state index contributed by atoms with van der Waals surface area (Å²) in [6, 6.07) is 5.10. The van der Waals surface area contributed by atoms with Crippen LogP contribution in [0, 0.1) is 10.1 Å².